The monoisotopic (exact) mass is 546 g/mol. The van der Waals surface area contributed by atoms with E-state index in [1.54, 1.807) is 24.3 Å². The van der Waals surface area contributed by atoms with Gasteiger partial charge in [0.05, 0.1) is 42.7 Å². The minimum atomic E-state index is -1.05. The van der Waals surface area contributed by atoms with Crippen LogP contribution in [0.3, 0.4) is 0 Å². The van der Waals surface area contributed by atoms with Crippen molar-refractivity contribution in [3.05, 3.63) is 70.8 Å². The Balaban J connectivity index is 1.75. The molecule has 0 aromatic heterocycles. The molecule has 0 aliphatic heterocycles. The quantitative estimate of drug-likeness (QED) is 0.364. The summed E-state index contributed by atoms with van der Waals surface area (Å²) in [5.41, 5.74) is 3.01. The normalized spacial score (nSPS) is 11.6. The van der Waals surface area contributed by atoms with Crippen LogP contribution in [0.15, 0.2) is 48.5 Å². The molecule has 0 heterocycles. The van der Waals surface area contributed by atoms with Gasteiger partial charge in [0.2, 0.25) is 11.5 Å². The first-order valence-corrected chi connectivity index (χ1v) is 12.4. The van der Waals surface area contributed by atoms with Gasteiger partial charge < -0.3 is 38.6 Å². The van der Waals surface area contributed by atoms with Crippen molar-refractivity contribution in [3.63, 3.8) is 0 Å². The highest BCUT2D eigenvalue weighted by molar-refractivity contribution is 5.56. The van der Waals surface area contributed by atoms with Crippen LogP contribution in [0.1, 0.15) is 34.5 Å². The van der Waals surface area contributed by atoms with Gasteiger partial charge in [-0.05, 0) is 35.4 Å². The van der Waals surface area contributed by atoms with E-state index >= 15 is 0 Å². The largest absolute Gasteiger partial charge is 0.493 e. The fourth-order valence-corrected chi connectivity index (χ4v) is 4.07. The molecule has 2 unspecified atom stereocenters. The summed E-state index contributed by atoms with van der Waals surface area (Å²) in [6.07, 6.45) is -1.27. The third-order valence-corrected chi connectivity index (χ3v) is 6.16. The molecule has 0 fully saturated rings. The van der Waals surface area contributed by atoms with Gasteiger partial charge in [0.15, 0.2) is 23.0 Å². The van der Waals surface area contributed by atoms with Gasteiger partial charge in [-0.1, -0.05) is 47.9 Å². The zero-order valence-electron chi connectivity index (χ0n) is 23.5. The minimum absolute atomic E-state index is 0.411. The lowest BCUT2D eigenvalue weighted by atomic mass is 10.0. The number of ether oxygens (including phenoxy) is 6. The molecule has 0 amide bonds. The summed E-state index contributed by atoms with van der Waals surface area (Å²) >= 11 is 0. The second kappa shape index (κ2) is 14.6. The molecule has 0 spiro atoms. The maximum Gasteiger partial charge on any atom is 0.203 e. The van der Waals surface area contributed by atoms with Gasteiger partial charge in [0.25, 0.3) is 0 Å². The van der Waals surface area contributed by atoms with E-state index in [1.807, 2.05) is 24.3 Å². The molecule has 0 aliphatic carbocycles. The molecular weight excluding hydrogens is 512 g/mol. The number of aliphatic hydroxyl groups excluding tert-OH is 2. The molecular formula is C32H34O8. The van der Waals surface area contributed by atoms with E-state index in [4.69, 9.17) is 28.4 Å². The van der Waals surface area contributed by atoms with E-state index in [0.29, 0.717) is 58.5 Å². The number of aliphatic hydroxyl groups is 2. The van der Waals surface area contributed by atoms with Crippen molar-refractivity contribution in [3.8, 4) is 58.2 Å². The average Bonchev–Trinajstić information content (AvgIpc) is 2.99. The zero-order valence-corrected chi connectivity index (χ0v) is 23.5. The second-order valence-corrected chi connectivity index (χ2v) is 8.49. The number of rotatable bonds is 10. The molecule has 3 aromatic carbocycles. The number of methoxy groups -OCH3 is 6. The van der Waals surface area contributed by atoms with E-state index in [2.05, 4.69) is 23.7 Å². The lowest BCUT2D eigenvalue weighted by Gasteiger charge is -2.15. The van der Waals surface area contributed by atoms with Gasteiger partial charge in [-0.25, -0.2) is 0 Å². The van der Waals surface area contributed by atoms with Gasteiger partial charge in [-0.2, -0.15) is 0 Å². The Morgan fingerprint density at radius 1 is 0.550 bits per heavy atom. The molecule has 0 saturated carbocycles. The molecule has 210 valence electrons. The van der Waals surface area contributed by atoms with Gasteiger partial charge in [-0.3, -0.25) is 0 Å². The predicted octanol–water partition coefficient (Wildman–Crippen LogP) is 4.30. The maximum absolute atomic E-state index is 10.7. The SMILES string of the molecule is COc1cc(C(O)C#CCc2ccccc2CC#CC(O)c2cc(OC)c(OC)c(OC)c2)cc(OC)c1OC. The van der Waals surface area contributed by atoms with Crippen molar-refractivity contribution in [2.45, 2.75) is 25.0 Å². The zero-order chi connectivity index (χ0) is 29.1. The summed E-state index contributed by atoms with van der Waals surface area (Å²) < 4.78 is 32.1. The standard InChI is InChI=1S/C32H34O8/c1-35-27-17-23(18-28(36-2)31(27)39-5)25(33)15-9-13-21-11-7-8-12-22(21)14-10-16-26(34)24-19-29(37-3)32(40-6)30(20-24)38-4/h7-8,11-12,17-20,25-26,33-34H,13-14H2,1-6H3. The Kier molecular flexibility index (Phi) is 11.0. The molecule has 2 atom stereocenters. The lowest BCUT2D eigenvalue weighted by Crippen LogP contribution is -2.00. The van der Waals surface area contributed by atoms with Gasteiger partial charge >= 0.3 is 0 Å². The highest BCUT2D eigenvalue weighted by Gasteiger charge is 2.17. The van der Waals surface area contributed by atoms with Crippen LogP contribution in [0, 0.1) is 23.7 Å². The van der Waals surface area contributed by atoms with Crippen LogP contribution in [-0.2, 0) is 12.8 Å². The van der Waals surface area contributed by atoms with E-state index in [-0.39, 0.29) is 0 Å². The lowest BCUT2D eigenvalue weighted by molar-refractivity contribution is 0.236. The van der Waals surface area contributed by atoms with E-state index < -0.39 is 12.2 Å². The fourth-order valence-electron chi connectivity index (χ4n) is 4.07. The van der Waals surface area contributed by atoms with Crippen LogP contribution in [0.2, 0.25) is 0 Å². The molecule has 8 heteroatoms. The predicted molar refractivity (Wildman–Crippen MR) is 152 cm³/mol. The number of hydrogen-bond donors (Lipinski definition) is 2. The van der Waals surface area contributed by atoms with E-state index in [0.717, 1.165) is 11.1 Å². The number of hydrogen-bond acceptors (Lipinski definition) is 8. The van der Waals surface area contributed by atoms with Crippen molar-refractivity contribution in [2.24, 2.45) is 0 Å². The van der Waals surface area contributed by atoms with Crippen LogP contribution < -0.4 is 28.4 Å². The molecule has 0 radical (unpaired) electrons. The average molecular weight is 547 g/mol. The van der Waals surface area contributed by atoms with Crippen LogP contribution in [0.25, 0.3) is 0 Å². The third kappa shape index (κ3) is 7.12. The summed E-state index contributed by atoms with van der Waals surface area (Å²) in [5, 5.41) is 21.4. The van der Waals surface area contributed by atoms with Crippen LogP contribution in [0.5, 0.6) is 34.5 Å². The molecule has 0 aliphatic rings. The number of benzene rings is 3. The molecule has 0 saturated heterocycles. The van der Waals surface area contributed by atoms with Crippen molar-refractivity contribution in [1.29, 1.82) is 0 Å². The Morgan fingerprint density at radius 3 is 1.15 bits per heavy atom. The van der Waals surface area contributed by atoms with Crippen LogP contribution >= 0.6 is 0 Å². The topological polar surface area (TPSA) is 95.8 Å². The molecule has 3 aromatic rings. The third-order valence-electron chi connectivity index (χ3n) is 6.16. The Labute approximate surface area is 235 Å². The molecule has 3 rings (SSSR count). The minimum Gasteiger partial charge on any atom is -0.493 e. The van der Waals surface area contributed by atoms with E-state index in [1.165, 1.54) is 42.7 Å². The van der Waals surface area contributed by atoms with Gasteiger partial charge in [0, 0.05) is 24.0 Å². The molecule has 2 N–H and O–H groups in total. The summed E-state index contributed by atoms with van der Waals surface area (Å²) in [4.78, 5) is 0. The van der Waals surface area contributed by atoms with Crippen molar-refractivity contribution >= 4 is 0 Å². The Hall–Kier alpha value is -4.50. The summed E-state index contributed by atoms with van der Waals surface area (Å²) in [6, 6.07) is 14.5. The van der Waals surface area contributed by atoms with Crippen molar-refractivity contribution in [1.82, 2.24) is 0 Å². The van der Waals surface area contributed by atoms with Crippen LogP contribution in [-0.4, -0.2) is 52.9 Å². The molecule has 0 bridgehead atoms. The summed E-state index contributed by atoms with van der Waals surface area (Å²) in [5.74, 6) is 14.5. The van der Waals surface area contributed by atoms with Gasteiger partial charge in [-0.15, -0.1) is 0 Å². The summed E-state index contributed by atoms with van der Waals surface area (Å²) in [6.45, 7) is 0. The fraction of sp³-hybridized carbons (Fsp3) is 0.312. The van der Waals surface area contributed by atoms with Crippen LogP contribution in [0.4, 0.5) is 0 Å². The van der Waals surface area contributed by atoms with E-state index in [9.17, 15) is 10.2 Å². The highest BCUT2D eigenvalue weighted by atomic mass is 16.5. The first-order valence-electron chi connectivity index (χ1n) is 12.4. The molecule has 8 nitrogen and oxygen atoms in total. The Morgan fingerprint density at radius 2 is 0.875 bits per heavy atom. The maximum atomic E-state index is 10.7. The van der Waals surface area contributed by atoms with Gasteiger partial charge in [0.1, 0.15) is 12.2 Å². The highest BCUT2D eigenvalue weighted by Crippen LogP contribution is 2.40. The summed E-state index contributed by atoms with van der Waals surface area (Å²) in [7, 11) is 9.11. The van der Waals surface area contributed by atoms with Crippen molar-refractivity contribution in [2.75, 3.05) is 42.7 Å². The first kappa shape index (κ1) is 30.0. The van der Waals surface area contributed by atoms with Crippen molar-refractivity contribution < 1.29 is 38.6 Å². The Bertz CT molecular complexity index is 1270. The second-order valence-electron chi connectivity index (χ2n) is 8.49. The smallest absolute Gasteiger partial charge is 0.203 e. The first-order chi connectivity index (χ1) is 19.4. The molecule has 40 heavy (non-hydrogen) atoms.